The molecule has 16 heavy (non-hydrogen) atoms. The van der Waals surface area contributed by atoms with Gasteiger partial charge in [-0.15, -0.1) is 0 Å². The van der Waals surface area contributed by atoms with Crippen molar-refractivity contribution in [1.82, 2.24) is 0 Å². The molecule has 5 nitrogen and oxygen atoms in total. The van der Waals surface area contributed by atoms with E-state index in [4.69, 9.17) is 22.2 Å². The molecule has 0 aliphatic rings. The summed E-state index contributed by atoms with van der Waals surface area (Å²) in [7, 11) is 0. The average molecular weight is 303 g/mol. The van der Waals surface area contributed by atoms with E-state index in [1.807, 2.05) is 0 Å². The number of azide groups is 1. The zero-order valence-electron chi connectivity index (χ0n) is 7.76. The van der Waals surface area contributed by atoms with Gasteiger partial charge in [-0.3, -0.25) is 0 Å². The van der Waals surface area contributed by atoms with Gasteiger partial charge in [0, 0.05) is 14.4 Å². The second-order valence-electron chi connectivity index (χ2n) is 2.69. The van der Waals surface area contributed by atoms with Crippen LogP contribution in [0, 0.1) is 0 Å². The van der Waals surface area contributed by atoms with Crippen LogP contribution < -0.4 is 0 Å². The van der Waals surface area contributed by atoms with Crippen LogP contribution in [0.15, 0.2) is 33.5 Å². The fourth-order valence-electron chi connectivity index (χ4n) is 0.947. The van der Waals surface area contributed by atoms with Crippen LogP contribution in [0.25, 0.3) is 16.5 Å². The molecule has 1 rings (SSSR count). The molecule has 0 heterocycles. The van der Waals surface area contributed by atoms with E-state index in [0.717, 1.165) is 0 Å². The first kappa shape index (κ1) is 12.6. The highest BCUT2D eigenvalue weighted by molar-refractivity contribution is 9.10. The Hall–Kier alpha value is -1.49. The summed E-state index contributed by atoms with van der Waals surface area (Å²) in [6.07, 6.45) is 1.25. The van der Waals surface area contributed by atoms with E-state index in [-0.39, 0.29) is 5.70 Å². The molecule has 0 saturated heterocycles. The van der Waals surface area contributed by atoms with E-state index in [1.54, 1.807) is 18.2 Å². The van der Waals surface area contributed by atoms with E-state index >= 15 is 0 Å². The Morgan fingerprint density at radius 2 is 2.31 bits per heavy atom. The lowest BCUT2D eigenvalue weighted by atomic mass is 10.2. The van der Waals surface area contributed by atoms with Gasteiger partial charge in [0.25, 0.3) is 0 Å². The first-order chi connectivity index (χ1) is 7.54. The van der Waals surface area contributed by atoms with E-state index < -0.39 is 5.97 Å². The number of halogens is 2. The Bertz CT molecular complexity index is 505. The predicted octanol–water partition coefficient (Wildman–Crippen LogP) is 3.84. The standard InChI is InChI=1S/C9H5BrClN3O2/c10-7-4-6(11)2-1-5(7)3-8(9(15)16)13-14-12/h1-4H,(H,15,16). The van der Waals surface area contributed by atoms with Crippen LogP contribution >= 0.6 is 27.5 Å². The van der Waals surface area contributed by atoms with Crippen LogP contribution in [0.1, 0.15) is 5.56 Å². The summed E-state index contributed by atoms with van der Waals surface area (Å²) in [5, 5.41) is 12.3. The van der Waals surface area contributed by atoms with Crippen LogP contribution in [-0.4, -0.2) is 11.1 Å². The molecule has 0 amide bonds. The fourth-order valence-corrected chi connectivity index (χ4v) is 1.74. The van der Waals surface area contributed by atoms with Gasteiger partial charge in [0.05, 0.1) is 0 Å². The Morgan fingerprint density at radius 3 is 2.81 bits per heavy atom. The smallest absolute Gasteiger partial charge is 0.338 e. The van der Waals surface area contributed by atoms with Gasteiger partial charge >= 0.3 is 5.97 Å². The number of carbonyl (C=O) groups is 1. The Labute approximate surface area is 104 Å². The molecule has 7 heteroatoms. The lowest BCUT2D eigenvalue weighted by molar-refractivity contribution is -0.132. The normalized spacial score (nSPS) is 10.8. The molecule has 1 aromatic carbocycles. The lowest BCUT2D eigenvalue weighted by Crippen LogP contribution is -1.96. The molecule has 0 atom stereocenters. The minimum absolute atomic E-state index is 0.384. The number of aliphatic carboxylic acids is 1. The summed E-state index contributed by atoms with van der Waals surface area (Å²) in [5.41, 5.74) is 8.38. The zero-order valence-corrected chi connectivity index (χ0v) is 10.1. The van der Waals surface area contributed by atoms with E-state index in [0.29, 0.717) is 15.1 Å². The van der Waals surface area contributed by atoms with Gasteiger partial charge in [-0.1, -0.05) is 38.7 Å². The van der Waals surface area contributed by atoms with E-state index in [1.165, 1.54) is 6.08 Å². The molecule has 0 aliphatic carbocycles. The summed E-state index contributed by atoms with van der Waals surface area (Å²) in [5.74, 6) is -1.29. The van der Waals surface area contributed by atoms with Crippen molar-refractivity contribution >= 4 is 39.6 Å². The van der Waals surface area contributed by atoms with Crippen LogP contribution in [0.4, 0.5) is 0 Å². The summed E-state index contributed by atoms with van der Waals surface area (Å²) in [6, 6.07) is 4.83. The Kier molecular flexibility index (Phi) is 4.37. The summed E-state index contributed by atoms with van der Waals surface area (Å²) >= 11 is 8.95. The molecule has 1 N–H and O–H groups in total. The highest BCUT2D eigenvalue weighted by atomic mass is 79.9. The van der Waals surface area contributed by atoms with Gasteiger partial charge in [0.2, 0.25) is 0 Å². The molecule has 0 aliphatic heterocycles. The van der Waals surface area contributed by atoms with Crippen molar-refractivity contribution in [1.29, 1.82) is 0 Å². The highest BCUT2D eigenvalue weighted by Gasteiger charge is 2.06. The third kappa shape index (κ3) is 3.27. The number of hydrogen-bond acceptors (Lipinski definition) is 2. The largest absolute Gasteiger partial charge is 0.478 e. The van der Waals surface area contributed by atoms with Crippen molar-refractivity contribution in [2.45, 2.75) is 0 Å². The number of rotatable bonds is 3. The van der Waals surface area contributed by atoms with Crippen molar-refractivity contribution < 1.29 is 9.90 Å². The third-order valence-electron chi connectivity index (χ3n) is 1.63. The number of hydrogen-bond donors (Lipinski definition) is 1. The molecule has 82 valence electrons. The quantitative estimate of drug-likeness (QED) is 0.398. The minimum Gasteiger partial charge on any atom is -0.478 e. The van der Waals surface area contributed by atoms with Gasteiger partial charge in [0.15, 0.2) is 0 Å². The average Bonchev–Trinajstić information content (AvgIpc) is 2.20. The van der Waals surface area contributed by atoms with Crippen molar-refractivity contribution in [2.24, 2.45) is 5.11 Å². The zero-order chi connectivity index (χ0) is 12.1. The molecular weight excluding hydrogens is 297 g/mol. The fraction of sp³-hybridized carbons (Fsp3) is 0. The van der Waals surface area contributed by atoms with Crippen molar-refractivity contribution in [3.63, 3.8) is 0 Å². The highest BCUT2D eigenvalue weighted by Crippen LogP contribution is 2.23. The SMILES string of the molecule is [N-]=[N+]=NC(=Cc1ccc(Cl)cc1Br)C(=O)O. The van der Waals surface area contributed by atoms with Gasteiger partial charge in [-0.2, -0.15) is 0 Å². The number of benzene rings is 1. The number of carboxylic acid groups (broad SMARTS) is 1. The Balaban J connectivity index is 3.23. The van der Waals surface area contributed by atoms with Crippen molar-refractivity contribution in [3.8, 4) is 0 Å². The van der Waals surface area contributed by atoms with Crippen LogP contribution in [0.2, 0.25) is 5.02 Å². The number of carboxylic acids is 1. The molecule has 0 bridgehead atoms. The van der Waals surface area contributed by atoms with Crippen LogP contribution in [-0.2, 0) is 4.79 Å². The summed E-state index contributed by atoms with van der Waals surface area (Å²) in [6.45, 7) is 0. The molecule has 0 spiro atoms. The van der Waals surface area contributed by atoms with Gasteiger partial charge in [-0.25, -0.2) is 4.79 Å². The van der Waals surface area contributed by atoms with E-state index in [2.05, 4.69) is 26.0 Å². The van der Waals surface area contributed by atoms with Crippen molar-refractivity contribution in [3.05, 3.63) is 49.4 Å². The molecular formula is C9H5BrClN3O2. The molecule has 0 fully saturated rings. The summed E-state index contributed by atoms with van der Waals surface area (Å²) < 4.78 is 0.617. The topological polar surface area (TPSA) is 86.1 Å². The molecule has 1 aromatic rings. The maximum atomic E-state index is 10.7. The first-order valence-corrected chi connectivity index (χ1v) is 5.17. The lowest BCUT2D eigenvalue weighted by Gasteiger charge is -2.00. The monoisotopic (exact) mass is 301 g/mol. The Morgan fingerprint density at radius 1 is 1.62 bits per heavy atom. The molecule has 0 aromatic heterocycles. The predicted molar refractivity (Wildman–Crippen MR) is 63.9 cm³/mol. The maximum absolute atomic E-state index is 10.7. The van der Waals surface area contributed by atoms with E-state index in [9.17, 15) is 4.79 Å². The number of nitrogens with zero attached hydrogens (tertiary/aromatic N) is 3. The van der Waals surface area contributed by atoms with Gasteiger partial charge < -0.3 is 5.11 Å². The van der Waals surface area contributed by atoms with Gasteiger partial charge in [0.1, 0.15) is 5.70 Å². The van der Waals surface area contributed by atoms with Crippen LogP contribution in [0.5, 0.6) is 0 Å². The third-order valence-corrected chi connectivity index (χ3v) is 2.55. The van der Waals surface area contributed by atoms with Crippen molar-refractivity contribution in [2.75, 3.05) is 0 Å². The first-order valence-electron chi connectivity index (χ1n) is 3.99. The molecule has 0 unspecified atom stereocenters. The minimum atomic E-state index is -1.29. The maximum Gasteiger partial charge on any atom is 0.338 e. The summed E-state index contributed by atoms with van der Waals surface area (Å²) in [4.78, 5) is 13.1. The molecule has 0 saturated carbocycles. The second kappa shape index (κ2) is 5.55. The second-order valence-corrected chi connectivity index (χ2v) is 3.98. The van der Waals surface area contributed by atoms with Gasteiger partial charge in [-0.05, 0) is 29.3 Å². The molecule has 0 radical (unpaired) electrons. The van der Waals surface area contributed by atoms with Crippen LogP contribution in [0.3, 0.4) is 0 Å².